The number of benzene rings is 2. The van der Waals surface area contributed by atoms with Crippen LogP contribution in [0.4, 0.5) is 0 Å². The van der Waals surface area contributed by atoms with Crippen molar-refractivity contribution in [2.45, 2.75) is 25.8 Å². The summed E-state index contributed by atoms with van der Waals surface area (Å²) in [6.07, 6.45) is 7.46. The summed E-state index contributed by atoms with van der Waals surface area (Å²) in [4.78, 5) is 2.70. The van der Waals surface area contributed by atoms with E-state index in [4.69, 9.17) is 0 Å². The molecule has 1 spiro atoms. The Bertz CT molecular complexity index is 636. The van der Waals surface area contributed by atoms with E-state index in [1.807, 2.05) is 0 Å². The Balaban J connectivity index is 1.71. The molecule has 0 saturated carbocycles. The molecule has 1 saturated heterocycles. The highest BCUT2D eigenvalue weighted by molar-refractivity contribution is 5.33. The molecule has 1 aliphatic heterocycles. The summed E-state index contributed by atoms with van der Waals surface area (Å²) in [5.41, 5.74) is 3.22. The van der Waals surface area contributed by atoms with Gasteiger partial charge < -0.3 is 0 Å². The molecule has 1 nitrogen and oxygen atoms in total. The van der Waals surface area contributed by atoms with E-state index in [0.717, 1.165) is 5.92 Å². The first-order valence-electron chi connectivity index (χ1n) is 8.80. The van der Waals surface area contributed by atoms with Gasteiger partial charge in [0.1, 0.15) is 0 Å². The van der Waals surface area contributed by atoms with Crippen LogP contribution in [0.2, 0.25) is 0 Å². The Kier molecular flexibility index (Phi) is 3.82. The summed E-state index contributed by atoms with van der Waals surface area (Å²) in [7, 11) is 0. The molecule has 0 bridgehead atoms. The summed E-state index contributed by atoms with van der Waals surface area (Å²) in [5.74, 6) is 0.733. The number of nitrogens with zero attached hydrogens (tertiary/aromatic N) is 1. The van der Waals surface area contributed by atoms with Crippen LogP contribution in [-0.2, 0) is 0 Å². The molecule has 2 aromatic carbocycles. The van der Waals surface area contributed by atoms with Crippen molar-refractivity contribution in [2.75, 3.05) is 13.1 Å². The topological polar surface area (TPSA) is 3.24 Å². The minimum atomic E-state index is 0.369. The molecule has 118 valence electrons. The van der Waals surface area contributed by atoms with Gasteiger partial charge in [0.05, 0.1) is 6.04 Å². The average molecular weight is 303 g/mol. The molecule has 4 rings (SSSR count). The first-order valence-corrected chi connectivity index (χ1v) is 8.80. The third-order valence-corrected chi connectivity index (χ3v) is 5.81. The van der Waals surface area contributed by atoms with Crippen LogP contribution in [0.3, 0.4) is 0 Å². The van der Waals surface area contributed by atoms with E-state index in [1.54, 1.807) is 0 Å². The van der Waals surface area contributed by atoms with E-state index >= 15 is 0 Å². The second kappa shape index (κ2) is 5.98. The maximum Gasteiger partial charge on any atom is 0.0602 e. The summed E-state index contributed by atoms with van der Waals surface area (Å²) in [5, 5.41) is 0. The second-order valence-corrected chi connectivity index (χ2v) is 7.23. The van der Waals surface area contributed by atoms with Crippen molar-refractivity contribution < 1.29 is 0 Å². The molecule has 1 heteroatoms. The highest BCUT2D eigenvalue weighted by Gasteiger charge is 2.45. The van der Waals surface area contributed by atoms with Crippen LogP contribution >= 0.6 is 0 Å². The lowest BCUT2D eigenvalue weighted by Gasteiger charge is -2.30. The van der Waals surface area contributed by atoms with Gasteiger partial charge in [-0.25, -0.2) is 0 Å². The lowest BCUT2D eigenvalue weighted by atomic mass is 9.79. The minimum Gasteiger partial charge on any atom is -0.291 e. The van der Waals surface area contributed by atoms with Gasteiger partial charge in [0, 0.05) is 18.5 Å². The zero-order valence-electron chi connectivity index (χ0n) is 13.9. The van der Waals surface area contributed by atoms with Crippen LogP contribution in [0.1, 0.15) is 36.9 Å². The monoisotopic (exact) mass is 303 g/mol. The van der Waals surface area contributed by atoms with E-state index in [2.05, 4.69) is 84.6 Å². The Morgan fingerprint density at radius 3 is 2.09 bits per heavy atom. The van der Waals surface area contributed by atoms with Crippen molar-refractivity contribution in [3.05, 3.63) is 83.9 Å². The molecule has 0 N–H and O–H groups in total. The zero-order valence-corrected chi connectivity index (χ0v) is 13.9. The van der Waals surface area contributed by atoms with E-state index in [9.17, 15) is 0 Å². The number of allylic oxidation sites excluding steroid dienone is 1. The zero-order chi connectivity index (χ0) is 15.7. The molecule has 1 aliphatic carbocycles. The molecule has 0 aromatic heterocycles. The molecule has 2 aromatic rings. The fraction of sp³-hybridized carbons (Fsp3) is 0.364. The molecule has 0 unspecified atom stereocenters. The minimum absolute atomic E-state index is 0.369. The number of hydrogen-bond acceptors (Lipinski definition) is 1. The van der Waals surface area contributed by atoms with Crippen LogP contribution < -0.4 is 0 Å². The first-order chi connectivity index (χ1) is 11.3. The van der Waals surface area contributed by atoms with E-state index in [-0.39, 0.29) is 0 Å². The van der Waals surface area contributed by atoms with Crippen LogP contribution in [0, 0.1) is 11.3 Å². The molecule has 1 heterocycles. The van der Waals surface area contributed by atoms with Crippen LogP contribution in [0.15, 0.2) is 72.8 Å². The fourth-order valence-electron chi connectivity index (χ4n) is 4.51. The van der Waals surface area contributed by atoms with Crippen LogP contribution in [0.25, 0.3) is 0 Å². The smallest absolute Gasteiger partial charge is 0.0602 e. The van der Waals surface area contributed by atoms with Gasteiger partial charge in [0.15, 0.2) is 0 Å². The fourth-order valence-corrected chi connectivity index (χ4v) is 4.51. The Labute approximate surface area is 139 Å². The molecule has 0 amide bonds. The van der Waals surface area contributed by atoms with Gasteiger partial charge in [-0.2, -0.15) is 0 Å². The van der Waals surface area contributed by atoms with Gasteiger partial charge in [0.25, 0.3) is 0 Å². The lowest BCUT2D eigenvalue weighted by molar-refractivity contribution is 0.249. The third-order valence-electron chi connectivity index (χ3n) is 5.81. The van der Waals surface area contributed by atoms with Crippen molar-refractivity contribution in [1.29, 1.82) is 0 Å². The van der Waals surface area contributed by atoms with Gasteiger partial charge >= 0.3 is 0 Å². The van der Waals surface area contributed by atoms with Gasteiger partial charge in [-0.3, -0.25) is 4.90 Å². The van der Waals surface area contributed by atoms with Gasteiger partial charge in [-0.1, -0.05) is 79.7 Å². The summed E-state index contributed by atoms with van der Waals surface area (Å²) >= 11 is 0. The average Bonchev–Trinajstić information content (AvgIpc) is 3.18. The Hall–Kier alpha value is -1.86. The molecule has 2 aliphatic rings. The number of rotatable bonds is 3. The van der Waals surface area contributed by atoms with Crippen molar-refractivity contribution in [1.82, 2.24) is 4.90 Å². The maximum atomic E-state index is 2.70. The normalized spacial score (nSPS) is 27.3. The molecule has 0 radical (unpaired) electrons. The lowest BCUT2D eigenvalue weighted by Crippen LogP contribution is -2.30. The predicted octanol–water partition coefficient (Wildman–Crippen LogP) is 5.06. The van der Waals surface area contributed by atoms with Gasteiger partial charge in [-0.15, -0.1) is 0 Å². The SMILES string of the molecule is C[C@H]1CN(C(c2ccccc2)c2ccccc2)C[C@@]12C=CCC2. The van der Waals surface area contributed by atoms with Crippen molar-refractivity contribution >= 4 is 0 Å². The van der Waals surface area contributed by atoms with Crippen molar-refractivity contribution in [2.24, 2.45) is 11.3 Å². The summed E-state index contributed by atoms with van der Waals surface area (Å²) < 4.78 is 0. The van der Waals surface area contributed by atoms with Crippen molar-refractivity contribution in [3.8, 4) is 0 Å². The van der Waals surface area contributed by atoms with E-state index in [0.29, 0.717) is 11.5 Å². The Morgan fingerprint density at radius 1 is 0.957 bits per heavy atom. The molecular formula is C22H25N. The van der Waals surface area contributed by atoms with Gasteiger partial charge in [0.2, 0.25) is 0 Å². The molecular weight excluding hydrogens is 278 g/mol. The number of hydrogen-bond donors (Lipinski definition) is 0. The van der Waals surface area contributed by atoms with Crippen LogP contribution in [-0.4, -0.2) is 18.0 Å². The number of likely N-dealkylation sites (tertiary alicyclic amines) is 1. The second-order valence-electron chi connectivity index (χ2n) is 7.23. The highest BCUT2D eigenvalue weighted by Crippen LogP contribution is 2.48. The largest absolute Gasteiger partial charge is 0.291 e. The third kappa shape index (κ3) is 2.64. The molecule has 1 fully saturated rings. The summed E-state index contributed by atoms with van der Waals surface area (Å²) in [6, 6.07) is 22.3. The Morgan fingerprint density at radius 2 is 1.57 bits per heavy atom. The van der Waals surface area contributed by atoms with Crippen molar-refractivity contribution in [3.63, 3.8) is 0 Å². The van der Waals surface area contributed by atoms with E-state index in [1.165, 1.54) is 37.1 Å². The highest BCUT2D eigenvalue weighted by atomic mass is 15.2. The predicted molar refractivity (Wildman–Crippen MR) is 96.3 cm³/mol. The van der Waals surface area contributed by atoms with E-state index < -0.39 is 0 Å². The first kappa shape index (κ1) is 14.7. The maximum absolute atomic E-state index is 2.70. The van der Waals surface area contributed by atoms with Gasteiger partial charge in [-0.05, 0) is 29.9 Å². The molecule has 2 atom stereocenters. The standard InChI is InChI=1S/C22H25N/c1-18-16-23(17-22(18)14-8-9-15-22)21(19-10-4-2-5-11-19)20-12-6-3-7-13-20/h2-8,10-14,18,21H,9,15-17H2,1H3/t18-,22-/m0/s1. The van der Waals surface area contributed by atoms with Crippen LogP contribution in [0.5, 0.6) is 0 Å². The quantitative estimate of drug-likeness (QED) is 0.716. The molecule has 23 heavy (non-hydrogen) atoms. The summed E-state index contributed by atoms with van der Waals surface area (Å²) in [6.45, 7) is 4.79.